The van der Waals surface area contributed by atoms with Crippen molar-refractivity contribution in [2.24, 2.45) is 0 Å². The second kappa shape index (κ2) is 8.92. The van der Waals surface area contributed by atoms with E-state index in [2.05, 4.69) is 9.80 Å². The van der Waals surface area contributed by atoms with Crippen LogP contribution in [0.25, 0.3) is 0 Å². The number of anilines is 1. The van der Waals surface area contributed by atoms with Gasteiger partial charge in [0, 0.05) is 51.4 Å². The van der Waals surface area contributed by atoms with Crippen LogP contribution in [0.3, 0.4) is 0 Å². The van der Waals surface area contributed by atoms with Crippen molar-refractivity contribution in [1.82, 2.24) is 9.80 Å². The molecule has 0 radical (unpaired) electrons. The molecule has 160 valence electrons. The zero-order valence-corrected chi connectivity index (χ0v) is 18.7. The van der Waals surface area contributed by atoms with Crippen molar-refractivity contribution < 1.29 is 14.3 Å². The Hall–Kier alpha value is -2.15. The van der Waals surface area contributed by atoms with Crippen LogP contribution in [0.2, 0.25) is 10.0 Å². The maximum Gasteiger partial charge on any atom is 0.254 e. The Balaban J connectivity index is 1.33. The molecule has 30 heavy (non-hydrogen) atoms. The fourth-order valence-corrected chi connectivity index (χ4v) is 4.51. The van der Waals surface area contributed by atoms with Gasteiger partial charge in [0.1, 0.15) is 0 Å². The minimum absolute atomic E-state index is 0.0512. The van der Waals surface area contributed by atoms with Crippen LogP contribution in [0.15, 0.2) is 30.3 Å². The van der Waals surface area contributed by atoms with Crippen LogP contribution in [0, 0.1) is 0 Å². The molecule has 4 rings (SSSR count). The van der Waals surface area contributed by atoms with Crippen molar-refractivity contribution in [3.63, 3.8) is 0 Å². The van der Waals surface area contributed by atoms with Gasteiger partial charge in [-0.05, 0) is 29.8 Å². The van der Waals surface area contributed by atoms with Gasteiger partial charge in [0.2, 0.25) is 0 Å². The molecule has 6 nitrogen and oxygen atoms in total. The monoisotopic (exact) mass is 449 g/mol. The maximum atomic E-state index is 12.8. The summed E-state index contributed by atoms with van der Waals surface area (Å²) in [7, 11) is 3.19. The molecule has 2 aliphatic rings. The van der Waals surface area contributed by atoms with Gasteiger partial charge in [0.15, 0.2) is 11.5 Å². The number of halogens is 2. The van der Waals surface area contributed by atoms with Crippen LogP contribution in [0.5, 0.6) is 11.5 Å². The summed E-state index contributed by atoms with van der Waals surface area (Å²) in [5.41, 5.74) is 2.67. The Morgan fingerprint density at radius 3 is 2.37 bits per heavy atom. The standard InChI is InChI=1S/C22H25Cl2N3O3/c1-29-19-12-15-14-27(22(28)16(15)13-20(19)30-2)11-8-25-6-9-26(10-7-25)18-5-3-4-17(23)21(18)24/h3-5,12-13H,6-11,14H2,1-2H3. The third kappa shape index (κ3) is 4.04. The Bertz CT molecular complexity index is 945. The molecular weight excluding hydrogens is 425 g/mol. The van der Waals surface area contributed by atoms with Gasteiger partial charge < -0.3 is 19.3 Å². The zero-order valence-electron chi connectivity index (χ0n) is 17.2. The number of fused-ring (bicyclic) bond motifs is 1. The molecule has 0 spiro atoms. The van der Waals surface area contributed by atoms with E-state index < -0.39 is 0 Å². The molecule has 0 unspecified atom stereocenters. The van der Waals surface area contributed by atoms with E-state index in [1.165, 1.54) is 0 Å². The second-order valence-electron chi connectivity index (χ2n) is 7.49. The smallest absolute Gasteiger partial charge is 0.254 e. The Morgan fingerprint density at radius 2 is 1.67 bits per heavy atom. The zero-order chi connectivity index (χ0) is 21.3. The quantitative estimate of drug-likeness (QED) is 0.670. The molecular formula is C22H25Cl2N3O3. The predicted molar refractivity (Wildman–Crippen MR) is 119 cm³/mol. The summed E-state index contributed by atoms with van der Waals surface area (Å²) >= 11 is 12.5. The number of ether oxygens (including phenoxy) is 2. The SMILES string of the molecule is COc1cc2c(cc1OC)C(=O)N(CCN1CCN(c3cccc(Cl)c3Cl)CC1)C2. The van der Waals surface area contributed by atoms with Crippen molar-refractivity contribution in [2.75, 3.05) is 58.4 Å². The van der Waals surface area contributed by atoms with Crippen LogP contribution in [-0.2, 0) is 6.54 Å². The first kappa shape index (κ1) is 21.1. The summed E-state index contributed by atoms with van der Waals surface area (Å²) in [6.45, 7) is 5.72. The number of carbonyl (C=O) groups is 1. The molecule has 1 amide bonds. The summed E-state index contributed by atoms with van der Waals surface area (Å²) < 4.78 is 10.7. The Kier molecular flexibility index (Phi) is 6.27. The van der Waals surface area contributed by atoms with Gasteiger partial charge in [-0.3, -0.25) is 9.69 Å². The third-order valence-corrected chi connectivity index (χ3v) is 6.63. The first-order valence-electron chi connectivity index (χ1n) is 9.97. The van der Waals surface area contributed by atoms with Gasteiger partial charge in [-0.1, -0.05) is 29.3 Å². The van der Waals surface area contributed by atoms with E-state index in [0.717, 1.165) is 44.0 Å². The maximum absolute atomic E-state index is 12.8. The molecule has 2 aromatic carbocycles. The van der Waals surface area contributed by atoms with Crippen LogP contribution in [0.1, 0.15) is 15.9 Å². The topological polar surface area (TPSA) is 45.3 Å². The first-order chi connectivity index (χ1) is 14.5. The molecule has 1 fully saturated rings. The van der Waals surface area contributed by atoms with E-state index in [1.54, 1.807) is 26.4 Å². The lowest BCUT2D eigenvalue weighted by Crippen LogP contribution is -2.48. The molecule has 0 aliphatic carbocycles. The van der Waals surface area contributed by atoms with Crippen molar-refractivity contribution >= 4 is 34.8 Å². The normalized spacial score (nSPS) is 16.7. The van der Waals surface area contributed by atoms with Crippen molar-refractivity contribution in [3.8, 4) is 11.5 Å². The van der Waals surface area contributed by atoms with Gasteiger partial charge in [-0.25, -0.2) is 0 Å². The number of amides is 1. The number of piperazine rings is 1. The van der Waals surface area contributed by atoms with E-state index in [1.807, 2.05) is 23.1 Å². The molecule has 1 saturated heterocycles. The van der Waals surface area contributed by atoms with E-state index in [0.29, 0.717) is 40.2 Å². The van der Waals surface area contributed by atoms with E-state index in [4.69, 9.17) is 32.7 Å². The van der Waals surface area contributed by atoms with E-state index >= 15 is 0 Å². The number of methoxy groups -OCH3 is 2. The second-order valence-corrected chi connectivity index (χ2v) is 8.28. The fraction of sp³-hybridized carbons (Fsp3) is 0.409. The molecule has 8 heteroatoms. The number of hydrogen-bond acceptors (Lipinski definition) is 5. The molecule has 2 aromatic rings. The highest BCUT2D eigenvalue weighted by Crippen LogP contribution is 2.35. The minimum atomic E-state index is 0.0512. The van der Waals surface area contributed by atoms with Crippen LogP contribution in [0.4, 0.5) is 5.69 Å². The molecule has 0 aromatic heterocycles. The van der Waals surface area contributed by atoms with Gasteiger partial charge in [0.05, 0.1) is 30.0 Å². The molecule has 0 saturated carbocycles. The molecule has 0 N–H and O–H groups in total. The molecule has 0 atom stereocenters. The van der Waals surface area contributed by atoms with Crippen LogP contribution in [-0.4, -0.2) is 69.2 Å². The number of benzene rings is 2. The van der Waals surface area contributed by atoms with Gasteiger partial charge in [0.25, 0.3) is 5.91 Å². The summed E-state index contributed by atoms with van der Waals surface area (Å²) in [5, 5.41) is 1.19. The molecule has 2 aliphatic heterocycles. The fourth-order valence-electron chi connectivity index (χ4n) is 4.09. The van der Waals surface area contributed by atoms with Crippen molar-refractivity contribution in [1.29, 1.82) is 0 Å². The highest BCUT2D eigenvalue weighted by atomic mass is 35.5. The van der Waals surface area contributed by atoms with Gasteiger partial charge >= 0.3 is 0 Å². The third-order valence-electron chi connectivity index (χ3n) is 5.82. The van der Waals surface area contributed by atoms with Crippen LogP contribution >= 0.6 is 23.2 Å². The van der Waals surface area contributed by atoms with Gasteiger partial charge in [-0.15, -0.1) is 0 Å². The Labute approximate surface area is 186 Å². The van der Waals surface area contributed by atoms with Gasteiger partial charge in [-0.2, -0.15) is 0 Å². The summed E-state index contributed by atoms with van der Waals surface area (Å²) in [4.78, 5) is 19.4. The lowest BCUT2D eigenvalue weighted by molar-refractivity contribution is 0.0756. The lowest BCUT2D eigenvalue weighted by atomic mass is 10.1. The van der Waals surface area contributed by atoms with E-state index in [9.17, 15) is 4.79 Å². The summed E-state index contributed by atoms with van der Waals surface area (Å²) in [6, 6.07) is 9.42. The lowest BCUT2D eigenvalue weighted by Gasteiger charge is -2.37. The number of carbonyl (C=O) groups excluding carboxylic acids is 1. The average Bonchev–Trinajstić information content (AvgIpc) is 3.08. The largest absolute Gasteiger partial charge is 0.493 e. The highest BCUT2D eigenvalue weighted by molar-refractivity contribution is 6.43. The number of rotatable bonds is 6. The van der Waals surface area contributed by atoms with Crippen molar-refractivity contribution in [2.45, 2.75) is 6.54 Å². The minimum Gasteiger partial charge on any atom is -0.493 e. The predicted octanol–water partition coefficient (Wildman–Crippen LogP) is 3.79. The molecule has 0 bridgehead atoms. The van der Waals surface area contributed by atoms with E-state index in [-0.39, 0.29) is 5.91 Å². The number of hydrogen-bond donors (Lipinski definition) is 0. The number of nitrogens with zero attached hydrogens (tertiary/aromatic N) is 3. The first-order valence-corrected chi connectivity index (χ1v) is 10.7. The van der Waals surface area contributed by atoms with Crippen molar-refractivity contribution in [3.05, 3.63) is 51.5 Å². The van der Waals surface area contributed by atoms with Crippen LogP contribution < -0.4 is 14.4 Å². The highest BCUT2D eigenvalue weighted by Gasteiger charge is 2.30. The average molecular weight is 450 g/mol. The Morgan fingerprint density at radius 1 is 0.967 bits per heavy atom. The molecule has 2 heterocycles. The summed E-state index contributed by atoms with van der Waals surface area (Å²) in [6.07, 6.45) is 0. The summed E-state index contributed by atoms with van der Waals surface area (Å²) in [5.74, 6) is 1.29.